The predicted octanol–water partition coefficient (Wildman–Crippen LogP) is 8.26. The number of halogens is 1. The first-order valence-corrected chi connectivity index (χ1v) is 19.3. The van der Waals surface area contributed by atoms with Crippen LogP contribution in [0.15, 0.2) is 60.7 Å². The number of benzene rings is 3. The minimum Gasteiger partial charge on any atom is -0.496 e. The first-order valence-electron chi connectivity index (χ1n) is 17.8. The molecule has 5 rings (SSSR count). The van der Waals surface area contributed by atoms with Crippen molar-refractivity contribution in [3.05, 3.63) is 94.3 Å². The van der Waals surface area contributed by atoms with Crippen LogP contribution in [-0.4, -0.2) is 59.9 Å². The van der Waals surface area contributed by atoms with Crippen LogP contribution in [0.25, 0.3) is 0 Å². The Labute approximate surface area is 307 Å². The van der Waals surface area contributed by atoms with Crippen LogP contribution in [0.5, 0.6) is 5.75 Å². The molecule has 0 radical (unpaired) electrons. The van der Waals surface area contributed by atoms with E-state index in [1.165, 1.54) is 25.3 Å². The second-order valence-electron chi connectivity index (χ2n) is 15.8. The summed E-state index contributed by atoms with van der Waals surface area (Å²) in [6.45, 7) is 14.8. The summed E-state index contributed by atoms with van der Waals surface area (Å²) < 4.78 is 42.2. The van der Waals surface area contributed by atoms with Crippen LogP contribution < -0.4 is 10.1 Å². The molecule has 1 aliphatic carbocycles. The molecular weight excluding hydrogens is 684 g/mol. The van der Waals surface area contributed by atoms with E-state index in [9.17, 15) is 32.3 Å². The largest absolute Gasteiger partial charge is 0.496 e. The van der Waals surface area contributed by atoms with Crippen molar-refractivity contribution in [1.82, 2.24) is 4.90 Å². The summed E-state index contributed by atoms with van der Waals surface area (Å²) in [7, 11) is -1.55. The Bertz CT molecular complexity index is 1920. The van der Waals surface area contributed by atoms with Gasteiger partial charge in [-0.3, -0.25) is 9.59 Å². The fourth-order valence-corrected chi connectivity index (χ4v) is 8.33. The van der Waals surface area contributed by atoms with Gasteiger partial charge in [-0.2, -0.15) is 0 Å². The number of methoxy groups -OCH3 is 1. The molecule has 1 saturated carbocycles. The number of likely N-dealkylation sites (tertiary alicyclic amines) is 1. The molecule has 282 valence electrons. The molecule has 11 heteroatoms. The van der Waals surface area contributed by atoms with Gasteiger partial charge in [0, 0.05) is 30.6 Å². The lowest BCUT2D eigenvalue weighted by atomic mass is 9.67. The van der Waals surface area contributed by atoms with Crippen molar-refractivity contribution >= 4 is 33.3 Å². The zero-order valence-electron chi connectivity index (χ0n) is 31.7. The first kappa shape index (κ1) is 40.5. The van der Waals surface area contributed by atoms with E-state index in [1.54, 1.807) is 53.7 Å². The smallest absolute Gasteiger partial charge is 0.339 e. The topological polar surface area (TPSA) is 130 Å². The average Bonchev–Trinajstić information content (AvgIpc) is 3.88. The Kier molecular flexibility index (Phi) is 12.3. The molecule has 0 aromatic heterocycles. The van der Waals surface area contributed by atoms with Gasteiger partial charge in [0.2, 0.25) is 11.8 Å². The fraction of sp³-hybridized carbons (Fsp3) is 0.488. The van der Waals surface area contributed by atoms with Crippen molar-refractivity contribution in [3.63, 3.8) is 0 Å². The maximum absolute atomic E-state index is 14.9. The third kappa shape index (κ3) is 9.21. The Balaban J connectivity index is 0.000000530. The molecule has 1 heterocycles. The summed E-state index contributed by atoms with van der Waals surface area (Å²) in [5.74, 6) is -1.54. The van der Waals surface area contributed by atoms with Gasteiger partial charge >= 0.3 is 5.97 Å². The number of anilines is 1. The Morgan fingerprint density at radius 3 is 2.23 bits per heavy atom. The molecule has 3 atom stereocenters. The first-order chi connectivity index (χ1) is 24.2. The number of carboxylic acids is 1. The van der Waals surface area contributed by atoms with Gasteiger partial charge in [-0.1, -0.05) is 48.9 Å². The Morgan fingerprint density at radius 1 is 1.04 bits per heavy atom. The van der Waals surface area contributed by atoms with Crippen molar-refractivity contribution in [2.24, 2.45) is 11.3 Å². The molecule has 2 fully saturated rings. The highest BCUT2D eigenvalue weighted by Gasteiger charge is 2.51. The molecule has 52 heavy (non-hydrogen) atoms. The lowest BCUT2D eigenvalue weighted by Crippen LogP contribution is -2.53. The number of carbonyl (C=O) groups is 3. The van der Waals surface area contributed by atoms with Gasteiger partial charge in [-0.15, -0.1) is 0 Å². The summed E-state index contributed by atoms with van der Waals surface area (Å²) in [5, 5.41) is 11.9. The van der Waals surface area contributed by atoms with Crippen molar-refractivity contribution in [1.29, 1.82) is 0 Å². The molecule has 2 aliphatic rings. The molecule has 2 N–H and O–H groups in total. The molecule has 9 nitrogen and oxygen atoms in total. The summed E-state index contributed by atoms with van der Waals surface area (Å²) in [4.78, 5) is 41.2. The highest BCUT2D eigenvalue weighted by atomic mass is 32.2. The number of nitrogens with one attached hydrogen (secondary N) is 1. The number of sulfone groups is 1. The van der Waals surface area contributed by atoms with E-state index >= 15 is 0 Å². The molecule has 1 saturated heterocycles. The molecule has 3 aromatic rings. The second kappa shape index (κ2) is 15.8. The van der Waals surface area contributed by atoms with E-state index in [1.807, 2.05) is 36.9 Å². The zero-order valence-corrected chi connectivity index (χ0v) is 32.6. The van der Waals surface area contributed by atoms with Gasteiger partial charge in [-0.05, 0) is 109 Å². The lowest BCUT2D eigenvalue weighted by Gasteiger charge is -2.49. The number of amides is 2. The van der Waals surface area contributed by atoms with Crippen molar-refractivity contribution in [3.8, 4) is 5.75 Å². The number of aromatic carboxylic acids is 1. The summed E-state index contributed by atoms with van der Waals surface area (Å²) in [5.41, 5.74) is 2.80. The standard InChI is InChI=1S/C34H37FN2O5.C7H16O2S/c1-20-6-5-7-23(14-20)27-17-34(3,18-30(38)36-25-12-13-26(32(39)40)29(16-25)42-4)33(41)37(19-22-9-10-22)31(27)24-11-8-21(2)28(35)15-24;1-6(2)10(8,9)7(3,4)5/h5-8,11-16,22,27,31H,9-10,17-19H2,1-4H3,(H,36,38)(H,39,40);6H,1-5H3/t27-,31?,34?;/m1./s1. The Hall–Kier alpha value is -4.25. The van der Waals surface area contributed by atoms with Crippen LogP contribution in [0, 0.1) is 31.0 Å². The summed E-state index contributed by atoms with van der Waals surface area (Å²) in [6, 6.07) is 17.4. The second-order valence-corrected chi connectivity index (χ2v) is 19.0. The number of carboxylic acid groups (broad SMARTS) is 1. The van der Waals surface area contributed by atoms with E-state index < -0.39 is 26.0 Å². The number of aryl methyl sites for hydroxylation is 2. The minimum atomic E-state index is -2.91. The van der Waals surface area contributed by atoms with Gasteiger partial charge < -0.3 is 20.1 Å². The molecule has 0 spiro atoms. The maximum atomic E-state index is 14.9. The highest BCUT2D eigenvalue weighted by Crippen LogP contribution is 2.52. The van der Waals surface area contributed by atoms with Gasteiger partial charge in [0.15, 0.2) is 9.84 Å². The normalized spacial score (nSPS) is 20.6. The van der Waals surface area contributed by atoms with E-state index in [2.05, 4.69) is 17.4 Å². The van der Waals surface area contributed by atoms with Gasteiger partial charge in [0.05, 0.1) is 28.6 Å². The van der Waals surface area contributed by atoms with Gasteiger partial charge in [0.1, 0.15) is 17.1 Å². The van der Waals surface area contributed by atoms with Crippen LogP contribution in [-0.2, 0) is 19.4 Å². The Morgan fingerprint density at radius 2 is 1.71 bits per heavy atom. The number of hydrogen-bond donors (Lipinski definition) is 2. The predicted molar refractivity (Wildman–Crippen MR) is 202 cm³/mol. The third-order valence-corrected chi connectivity index (χ3v) is 13.0. The SMILES string of the molecule is CC(C)S(=O)(=O)C(C)(C)C.COc1cc(NC(=O)CC2(C)C[C@H](c3cccc(C)c3)C(c3ccc(C)c(F)c3)N(CC3CC3)C2=O)ccc1C(=O)O. The molecule has 1 aliphatic heterocycles. The van der Waals surface area contributed by atoms with Crippen LogP contribution in [0.4, 0.5) is 10.1 Å². The minimum absolute atomic E-state index is 0.0137. The number of rotatable bonds is 10. The van der Waals surface area contributed by atoms with Crippen molar-refractivity contribution in [2.45, 2.75) is 103 Å². The number of carbonyl (C=O) groups excluding carboxylic acids is 2. The van der Waals surface area contributed by atoms with Crippen molar-refractivity contribution < 1.29 is 37.0 Å². The van der Waals surface area contributed by atoms with Crippen LogP contribution in [0.2, 0.25) is 0 Å². The highest BCUT2D eigenvalue weighted by molar-refractivity contribution is 7.93. The summed E-state index contributed by atoms with van der Waals surface area (Å²) >= 11 is 0. The fourth-order valence-electron chi connectivity index (χ4n) is 6.92. The van der Waals surface area contributed by atoms with Crippen LogP contribution in [0.1, 0.15) is 112 Å². The molecule has 0 bridgehead atoms. The number of nitrogens with zero attached hydrogens (tertiary/aromatic N) is 1. The number of piperidine rings is 1. The van der Waals surface area contributed by atoms with E-state index in [4.69, 9.17) is 4.74 Å². The quantitative estimate of drug-likeness (QED) is 0.214. The van der Waals surface area contributed by atoms with Crippen LogP contribution in [0.3, 0.4) is 0 Å². The average molecular weight is 737 g/mol. The van der Waals surface area contributed by atoms with Crippen LogP contribution >= 0.6 is 0 Å². The molecule has 3 aromatic carbocycles. The van der Waals surface area contributed by atoms with Gasteiger partial charge in [0.25, 0.3) is 0 Å². The monoisotopic (exact) mass is 736 g/mol. The van der Waals surface area contributed by atoms with Crippen molar-refractivity contribution in [2.75, 3.05) is 19.0 Å². The maximum Gasteiger partial charge on any atom is 0.339 e. The zero-order chi connectivity index (χ0) is 38.8. The van der Waals surface area contributed by atoms with E-state index in [0.29, 0.717) is 30.1 Å². The number of ether oxygens (including phenoxy) is 1. The lowest BCUT2D eigenvalue weighted by molar-refractivity contribution is -0.153. The van der Waals surface area contributed by atoms with E-state index in [-0.39, 0.29) is 52.6 Å². The number of hydrogen-bond acceptors (Lipinski definition) is 6. The van der Waals surface area contributed by atoms with Gasteiger partial charge in [-0.25, -0.2) is 17.6 Å². The molecular formula is C41H53FN2O7S. The molecule has 2 amide bonds. The molecule has 2 unspecified atom stereocenters. The van der Waals surface area contributed by atoms with E-state index in [0.717, 1.165) is 29.5 Å². The summed E-state index contributed by atoms with van der Waals surface area (Å²) in [6.07, 6.45) is 2.43. The third-order valence-electron chi connectivity index (χ3n) is 10.1.